The highest BCUT2D eigenvalue weighted by Gasteiger charge is 1.99. The maximum absolute atomic E-state index is 7.12. The van der Waals surface area contributed by atoms with Gasteiger partial charge in [0.15, 0.2) is 0 Å². The van der Waals surface area contributed by atoms with E-state index in [0.717, 1.165) is 0 Å². The third-order valence-corrected chi connectivity index (χ3v) is 1.47. The van der Waals surface area contributed by atoms with Crippen molar-refractivity contribution in [2.24, 2.45) is 5.84 Å². The number of nitrogens with zero attached hydrogens (tertiary/aromatic N) is 2. The molecule has 0 unspecified atom stereocenters. The van der Waals surface area contributed by atoms with E-state index < -0.39 is 0 Å². The second-order valence-corrected chi connectivity index (χ2v) is 2.40. The lowest BCUT2D eigenvalue weighted by atomic mass is 10.2. The predicted molar refractivity (Wildman–Crippen MR) is 50.9 cm³/mol. The van der Waals surface area contributed by atoms with Crippen LogP contribution in [0.5, 0.6) is 0 Å². The number of aromatic nitrogens is 2. The van der Waals surface area contributed by atoms with Crippen LogP contribution < -0.4 is 11.3 Å². The van der Waals surface area contributed by atoms with Crippen LogP contribution in [0.25, 0.3) is 5.57 Å². The molecule has 5 heteroatoms. The van der Waals surface area contributed by atoms with Crippen molar-refractivity contribution in [1.29, 1.82) is 5.41 Å². The van der Waals surface area contributed by atoms with Crippen LogP contribution in [0.4, 0.5) is 0 Å². The molecule has 0 saturated carbocycles. The third kappa shape index (κ3) is 2.34. The number of nitrogens with one attached hydrogen (secondary N) is 2. The summed E-state index contributed by atoms with van der Waals surface area (Å²) in [5.41, 5.74) is 3.66. The van der Waals surface area contributed by atoms with Crippen LogP contribution >= 0.6 is 0 Å². The Labute approximate surface area is 76.2 Å². The molecule has 13 heavy (non-hydrogen) atoms. The molecule has 1 aromatic rings. The predicted octanol–water partition coefficient (Wildman–Crippen LogP) is 0.239. The Morgan fingerprint density at radius 1 is 1.69 bits per heavy atom. The van der Waals surface area contributed by atoms with Gasteiger partial charge < -0.3 is 10.8 Å². The van der Waals surface area contributed by atoms with E-state index in [2.05, 4.69) is 15.4 Å². The van der Waals surface area contributed by atoms with E-state index in [4.69, 9.17) is 11.3 Å². The number of rotatable bonds is 3. The molecule has 0 atom stereocenters. The van der Waals surface area contributed by atoms with E-state index in [1.165, 1.54) is 12.4 Å². The summed E-state index contributed by atoms with van der Waals surface area (Å²) in [6.07, 6.45) is 4.34. The zero-order chi connectivity index (χ0) is 9.68. The lowest BCUT2D eigenvalue weighted by Crippen LogP contribution is -2.14. The molecule has 4 N–H and O–H groups in total. The van der Waals surface area contributed by atoms with Gasteiger partial charge in [-0.05, 0) is 13.0 Å². The van der Waals surface area contributed by atoms with Crippen molar-refractivity contribution in [3.05, 3.63) is 30.0 Å². The van der Waals surface area contributed by atoms with Gasteiger partial charge in [0.05, 0.1) is 5.69 Å². The lowest BCUT2D eigenvalue weighted by Gasteiger charge is -2.00. The second-order valence-electron chi connectivity index (χ2n) is 2.40. The largest absolute Gasteiger partial charge is 0.331 e. The molecule has 0 saturated heterocycles. The molecule has 0 aliphatic carbocycles. The molecule has 0 amide bonds. The van der Waals surface area contributed by atoms with Gasteiger partial charge in [-0.2, -0.15) is 0 Å². The Morgan fingerprint density at radius 2 is 2.46 bits per heavy atom. The number of hydrogen-bond donors (Lipinski definition) is 3. The Hall–Kier alpha value is -1.75. The van der Waals surface area contributed by atoms with Gasteiger partial charge in [0.25, 0.3) is 0 Å². The topological polar surface area (TPSA) is 87.7 Å². The lowest BCUT2D eigenvalue weighted by molar-refractivity contribution is 0.967. The molecule has 68 valence electrons. The molecule has 0 bridgehead atoms. The molecule has 1 aromatic heterocycles. The summed E-state index contributed by atoms with van der Waals surface area (Å²) in [7, 11) is 0. The average molecular weight is 177 g/mol. The smallest absolute Gasteiger partial charge is 0.125 e. The van der Waals surface area contributed by atoms with E-state index in [9.17, 15) is 0 Å². The summed E-state index contributed by atoms with van der Waals surface area (Å²) >= 11 is 0. The first-order chi connectivity index (χ1) is 6.27. The van der Waals surface area contributed by atoms with E-state index in [0.29, 0.717) is 17.1 Å². The first kappa shape index (κ1) is 9.34. The van der Waals surface area contributed by atoms with E-state index in [1.807, 2.05) is 0 Å². The van der Waals surface area contributed by atoms with Crippen LogP contribution in [-0.2, 0) is 0 Å². The van der Waals surface area contributed by atoms with Crippen LogP contribution in [0.3, 0.4) is 0 Å². The summed E-state index contributed by atoms with van der Waals surface area (Å²) in [5.74, 6) is 5.78. The Balaban J connectivity index is 3.05. The minimum atomic E-state index is 0.619. The molecule has 1 heterocycles. The minimum absolute atomic E-state index is 0.619. The maximum atomic E-state index is 7.12. The van der Waals surface area contributed by atoms with Gasteiger partial charge in [-0.25, -0.2) is 9.97 Å². The van der Waals surface area contributed by atoms with Gasteiger partial charge in [-0.15, -0.1) is 0 Å². The SMILES string of the molecule is Cc1nccc(/C(C=N)=C/NN)n1. The fraction of sp³-hybridized carbons (Fsp3) is 0.125. The standard InChI is InChI=1S/C8H11N5/c1-6-11-3-2-8(13-6)7(4-9)5-12-10/h2-5,9,12H,10H2,1H3/b7-5+,9-4?. The highest BCUT2D eigenvalue weighted by Crippen LogP contribution is 2.06. The van der Waals surface area contributed by atoms with Gasteiger partial charge in [0, 0.05) is 24.2 Å². The molecular weight excluding hydrogens is 166 g/mol. The average Bonchev–Trinajstić information content (AvgIpc) is 2.14. The summed E-state index contributed by atoms with van der Waals surface area (Å²) in [6, 6.07) is 1.72. The normalized spacial score (nSPS) is 11.1. The molecule has 5 nitrogen and oxygen atoms in total. The Bertz CT molecular complexity index is 331. The Morgan fingerprint density at radius 3 is 3.00 bits per heavy atom. The molecule has 0 radical (unpaired) electrons. The molecule has 1 rings (SSSR count). The van der Waals surface area contributed by atoms with Crippen LogP contribution in [0.2, 0.25) is 0 Å². The fourth-order valence-electron chi connectivity index (χ4n) is 0.896. The van der Waals surface area contributed by atoms with Crippen LogP contribution in [0.15, 0.2) is 18.5 Å². The molecule has 0 fully saturated rings. The Kier molecular flexibility index (Phi) is 3.10. The second kappa shape index (κ2) is 4.32. The van der Waals surface area contributed by atoms with Crippen molar-refractivity contribution in [1.82, 2.24) is 15.4 Å². The highest BCUT2D eigenvalue weighted by molar-refractivity contribution is 6.07. The quantitative estimate of drug-likeness (QED) is 0.350. The van der Waals surface area contributed by atoms with Gasteiger partial charge in [0.2, 0.25) is 0 Å². The number of aryl methyl sites for hydroxylation is 1. The number of nitrogens with two attached hydrogens (primary N) is 1. The summed E-state index contributed by atoms with van der Waals surface area (Å²) in [6.45, 7) is 1.79. The van der Waals surface area contributed by atoms with Gasteiger partial charge >= 0.3 is 0 Å². The van der Waals surface area contributed by atoms with Crippen LogP contribution in [0, 0.1) is 12.3 Å². The van der Waals surface area contributed by atoms with Crippen molar-refractivity contribution in [3.63, 3.8) is 0 Å². The third-order valence-electron chi connectivity index (χ3n) is 1.47. The van der Waals surface area contributed by atoms with E-state index in [-0.39, 0.29) is 0 Å². The van der Waals surface area contributed by atoms with Crippen LogP contribution in [-0.4, -0.2) is 16.2 Å². The summed E-state index contributed by atoms with van der Waals surface area (Å²) in [5, 5.41) is 7.12. The molecule has 0 spiro atoms. The van der Waals surface area contributed by atoms with Crippen molar-refractivity contribution in [3.8, 4) is 0 Å². The zero-order valence-corrected chi connectivity index (χ0v) is 7.28. The van der Waals surface area contributed by atoms with Crippen molar-refractivity contribution < 1.29 is 0 Å². The first-order valence-corrected chi connectivity index (χ1v) is 3.74. The molecule has 0 aliphatic heterocycles. The number of hydrazine groups is 1. The zero-order valence-electron chi connectivity index (χ0n) is 7.28. The molecular formula is C8H11N5. The van der Waals surface area contributed by atoms with Gasteiger partial charge in [0.1, 0.15) is 5.82 Å². The first-order valence-electron chi connectivity index (χ1n) is 3.74. The number of hydrogen-bond acceptors (Lipinski definition) is 5. The maximum Gasteiger partial charge on any atom is 0.125 e. The van der Waals surface area contributed by atoms with Crippen molar-refractivity contribution in [2.75, 3.05) is 0 Å². The summed E-state index contributed by atoms with van der Waals surface area (Å²) in [4.78, 5) is 8.09. The molecule has 0 aromatic carbocycles. The van der Waals surface area contributed by atoms with Gasteiger partial charge in [-0.3, -0.25) is 5.84 Å². The molecule has 0 aliphatic rings. The highest BCUT2D eigenvalue weighted by atomic mass is 15.2. The number of allylic oxidation sites excluding steroid dienone is 1. The fourth-order valence-corrected chi connectivity index (χ4v) is 0.896. The monoisotopic (exact) mass is 177 g/mol. The van der Waals surface area contributed by atoms with Crippen LogP contribution in [0.1, 0.15) is 11.5 Å². The minimum Gasteiger partial charge on any atom is -0.331 e. The van der Waals surface area contributed by atoms with Crippen molar-refractivity contribution >= 4 is 11.8 Å². The van der Waals surface area contributed by atoms with E-state index in [1.54, 1.807) is 19.2 Å². The van der Waals surface area contributed by atoms with Gasteiger partial charge in [-0.1, -0.05) is 0 Å². The summed E-state index contributed by atoms with van der Waals surface area (Å²) < 4.78 is 0. The van der Waals surface area contributed by atoms with E-state index >= 15 is 0 Å². The van der Waals surface area contributed by atoms with Crippen molar-refractivity contribution in [2.45, 2.75) is 6.92 Å².